The number of aryl methyl sites for hydroxylation is 1. The van der Waals surface area contributed by atoms with Gasteiger partial charge < -0.3 is 0 Å². The van der Waals surface area contributed by atoms with Crippen LogP contribution in [0.25, 0.3) is 0 Å². The predicted molar refractivity (Wildman–Crippen MR) is 76.2 cm³/mol. The van der Waals surface area contributed by atoms with E-state index < -0.39 is 11.5 Å². The maximum absolute atomic E-state index is 13.7. The molecule has 0 spiro atoms. The van der Waals surface area contributed by atoms with Crippen LogP contribution in [0.15, 0.2) is 27.5 Å². The van der Waals surface area contributed by atoms with E-state index in [1.165, 1.54) is 10.6 Å². The lowest BCUT2D eigenvalue weighted by Crippen LogP contribution is -2.27. The number of nitrogens with zero attached hydrogens (tertiary/aromatic N) is 2. The minimum absolute atomic E-state index is 0.125. The van der Waals surface area contributed by atoms with Crippen molar-refractivity contribution < 1.29 is 4.39 Å². The third-order valence-corrected chi connectivity index (χ3v) is 4.26. The molecule has 0 amide bonds. The van der Waals surface area contributed by atoms with Gasteiger partial charge in [-0.2, -0.15) is 4.98 Å². The Morgan fingerprint density at radius 3 is 2.74 bits per heavy atom. The summed E-state index contributed by atoms with van der Waals surface area (Å²) in [6, 6.07) is 4.39. The predicted octanol–water partition coefficient (Wildman–Crippen LogP) is 3.46. The van der Waals surface area contributed by atoms with Crippen molar-refractivity contribution in [2.75, 3.05) is 0 Å². The summed E-state index contributed by atoms with van der Waals surface area (Å²) in [5.41, 5.74) is 1.34. The van der Waals surface area contributed by atoms with E-state index in [4.69, 9.17) is 11.6 Å². The molecule has 19 heavy (non-hydrogen) atoms. The van der Waals surface area contributed by atoms with E-state index in [2.05, 4.69) is 20.9 Å². The van der Waals surface area contributed by atoms with E-state index in [0.29, 0.717) is 22.0 Å². The van der Waals surface area contributed by atoms with Gasteiger partial charge in [0.15, 0.2) is 0 Å². The van der Waals surface area contributed by atoms with Gasteiger partial charge >= 0.3 is 5.69 Å². The normalized spacial score (nSPS) is 10.8. The maximum atomic E-state index is 13.7. The van der Waals surface area contributed by atoms with Gasteiger partial charge in [-0.1, -0.05) is 17.7 Å². The standard InChI is InChI=1S/C13H11BrClFN2O/c1-7-12(14)8(2)18(13(19)17-7)6-9-3-4-10(15)5-11(9)16/h3-5H,6H2,1-2H3. The van der Waals surface area contributed by atoms with Gasteiger partial charge in [-0.3, -0.25) is 4.57 Å². The summed E-state index contributed by atoms with van der Waals surface area (Å²) >= 11 is 9.07. The minimum Gasteiger partial charge on any atom is -0.291 e. The fourth-order valence-corrected chi connectivity index (χ4v) is 2.24. The number of rotatable bonds is 2. The Hall–Kier alpha value is -1.20. The molecule has 0 aliphatic rings. The Balaban J connectivity index is 2.50. The molecule has 1 aromatic heterocycles. The highest BCUT2D eigenvalue weighted by Gasteiger charge is 2.11. The zero-order chi connectivity index (χ0) is 14.2. The lowest BCUT2D eigenvalue weighted by Gasteiger charge is -2.12. The second-order valence-corrected chi connectivity index (χ2v) is 5.43. The number of halogens is 3. The van der Waals surface area contributed by atoms with Crippen LogP contribution in [-0.4, -0.2) is 9.55 Å². The molecule has 0 bridgehead atoms. The Bertz CT molecular complexity index is 700. The van der Waals surface area contributed by atoms with Crippen molar-refractivity contribution in [1.82, 2.24) is 9.55 Å². The molecule has 2 rings (SSSR count). The summed E-state index contributed by atoms with van der Waals surface area (Å²) in [5, 5.41) is 0.327. The van der Waals surface area contributed by atoms with E-state index in [0.717, 1.165) is 4.47 Å². The molecule has 100 valence electrons. The monoisotopic (exact) mass is 344 g/mol. The number of benzene rings is 1. The summed E-state index contributed by atoms with van der Waals surface area (Å²) < 4.78 is 15.9. The van der Waals surface area contributed by atoms with Crippen molar-refractivity contribution in [1.29, 1.82) is 0 Å². The molecule has 2 aromatic rings. The first-order valence-corrected chi connectivity index (χ1v) is 6.74. The molecule has 0 fully saturated rings. The summed E-state index contributed by atoms with van der Waals surface area (Å²) in [4.78, 5) is 15.8. The first kappa shape index (κ1) is 14.2. The molecule has 0 unspecified atom stereocenters. The molecule has 1 heterocycles. The number of aromatic nitrogens is 2. The van der Waals surface area contributed by atoms with Crippen molar-refractivity contribution in [2.45, 2.75) is 20.4 Å². The molecule has 3 nitrogen and oxygen atoms in total. The molecule has 0 radical (unpaired) electrons. The molecule has 0 aliphatic heterocycles. The second-order valence-electron chi connectivity index (χ2n) is 4.20. The first-order chi connectivity index (χ1) is 8.90. The van der Waals surface area contributed by atoms with Gasteiger partial charge in [0.05, 0.1) is 16.7 Å². The van der Waals surface area contributed by atoms with Crippen molar-refractivity contribution in [3.8, 4) is 0 Å². The Labute approximate surface area is 123 Å². The first-order valence-electron chi connectivity index (χ1n) is 5.57. The zero-order valence-corrected chi connectivity index (χ0v) is 12.7. The largest absolute Gasteiger partial charge is 0.348 e. The molecular weight excluding hydrogens is 335 g/mol. The summed E-state index contributed by atoms with van der Waals surface area (Å²) in [6.07, 6.45) is 0. The van der Waals surface area contributed by atoms with Gasteiger partial charge in [0, 0.05) is 16.3 Å². The van der Waals surface area contributed by atoms with Crippen molar-refractivity contribution in [3.63, 3.8) is 0 Å². The topological polar surface area (TPSA) is 34.9 Å². The molecule has 0 N–H and O–H groups in total. The van der Waals surface area contributed by atoms with E-state index in [1.807, 2.05) is 0 Å². The lowest BCUT2D eigenvalue weighted by atomic mass is 10.2. The quantitative estimate of drug-likeness (QED) is 0.835. The third kappa shape index (κ3) is 2.87. The highest BCUT2D eigenvalue weighted by molar-refractivity contribution is 9.10. The fraction of sp³-hybridized carbons (Fsp3) is 0.231. The van der Waals surface area contributed by atoms with Crippen LogP contribution >= 0.6 is 27.5 Å². The average Bonchev–Trinajstić information content (AvgIpc) is 2.34. The van der Waals surface area contributed by atoms with Crippen LogP contribution in [0.4, 0.5) is 4.39 Å². The number of hydrogen-bond donors (Lipinski definition) is 0. The van der Waals surface area contributed by atoms with Crippen LogP contribution in [0.2, 0.25) is 5.02 Å². The molecule has 0 saturated heterocycles. The van der Waals surface area contributed by atoms with Gasteiger partial charge in [0.1, 0.15) is 5.82 Å². The summed E-state index contributed by atoms with van der Waals surface area (Å²) in [6.45, 7) is 3.65. The van der Waals surface area contributed by atoms with Gasteiger partial charge in [0.25, 0.3) is 0 Å². The van der Waals surface area contributed by atoms with E-state index in [1.54, 1.807) is 26.0 Å². The third-order valence-electron chi connectivity index (χ3n) is 2.88. The van der Waals surface area contributed by atoms with E-state index in [9.17, 15) is 9.18 Å². The highest BCUT2D eigenvalue weighted by atomic mass is 79.9. The molecule has 6 heteroatoms. The van der Waals surface area contributed by atoms with Crippen molar-refractivity contribution in [3.05, 3.63) is 60.9 Å². The van der Waals surface area contributed by atoms with Crippen molar-refractivity contribution >= 4 is 27.5 Å². The van der Waals surface area contributed by atoms with E-state index >= 15 is 0 Å². The van der Waals surface area contributed by atoms with Crippen LogP contribution in [0.3, 0.4) is 0 Å². The van der Waals surface area contributed by atoms with Gasteiger partial charge in [-0.05, 0) is 41.9 Å². The van der Waals surface area contributed by atoms with Crippen LogP contribution < -0.4 is 5.69 Å². The smallest absolute Gasteiger partial charge is 0.291 e. The highest BCUT2D eigenvalue weighted by Crippen LogP contribution is 2.19. The van der Waals surface area contributed by atoms with Crippen LogP contribution in [0.5, 0.6) is 0 Å². The Morgan fingerprint density at radius 1 is 1.42 bits per heavy atom. The average molecular weight is 346 g/mol. The SMILES string of the molecule is Cc1nc(=O)n(Cc2ccc(Cl)cc2F)c(C)c1Br. The molecular formula is C13H11BrClFN2O. The van der Waals surface area contributed by atoms with Crippen LogP contribution in [0.1, 0.15) is 17.0 Å². The fourth-order valence-electron chi connectivity index (χ4n) is 1.78. The van der Waals surface area contributed by atoms with Gasteiger partial charge in [0.2, 0.25) is 0 Å². The zero-order valence-electron chi connectivity index (χ0n) is 10.4. The minimum atomic E-state index is -0.435. The molecule has 1 aromatic carbocycles. The van der Waals surface area contributed by atoms with Gasteiger partial charge in [-0.15, -0.1) is 0 Å². The Morgan fingerprint density at radius 2 is 2.11 bits per heavy atom. The summed E-state index contributed by atoms with van der Waals surface area (Å²) in [7, 11) is 0. The van der Waals surface area contributed by atoms with E-state index in [-0.39, 0.29) is 6.54 Å². The molecule has 0 atom stereocenters. The maximum Gasteiger partial charge on any atom is 0.348 e. The van der Waals surface area contributed by atoms with Crippen molar-refractivity contribution in [2.24, 2.45) is 0 Å². The van der Waals surface area contributed by atoms with Gasteiger partial charge in [-0.25, -0.2) is 9.18 Å². The molecule has 0 saturated carbocycles. The second kappa shape index (κ2) is 5.43. The Kier molecular flexibility index (Phi) is 4.06. The van der Waals surface area contributed by atoms with Crippen LogP contribution in [-0.2, 0) is 6.54 Å². The lowest BCUT2D eigenvalue weighted by molar-refractivity contribution is 0.588. The molecule has 0 aliphatic carbocycles. The summed E-state index contributed by atoms with van der Waals surface area (Å²) in [5.74, 6) is -0.435. The van der Waals surface area contributed by atoms with Crippen LogP contribution in [0, 0.1) is 19.7 Å². The number of hydrogen-bond acceptors (Lipinski definition) is 2.